The van der Waals surface area contributed by atoms with Crippen molar-refractivity contribution < 1.29 is 9.90 Å². The van der Waals surface area contributed by atoms with Crippen LogP contribution in [0.25, 0.3) is 22.0 Å². The number of hydrogen-bond acceptors (Lipinski definition) is 2. The van der Waals surface area contributed by atoms with E-state index in [1.165, 1.54) is 0 Å². The van der Waals surface area contributed by atoms with E-state index in [9.17, 15) is 4.79 Å². The Labute approximate surface area is 120 Å². The maximum atomic E-state index is 11.1. The minimum Gasteiger partial charge on any atom is -0.478 e. The van der Waals surface area contributed by atoms with Crippen molar-refractivity contribution >= 4 is 28.5 Å². The van der Waals surface area contributed by atoms with Crippen LogP contribution in [0.5, 0.6) is 0 Å². The second kappa shape index (κ2) is 4.94. The third kappa shape index (κ3) is 2.12. The maximum Gasteiger partial charge on any atom is 0.335 e. The van der Waals surface area contributed by atoms with E-state index < -0.39 is 5.97 Å². The first-order valence-electron chi connectivity index (χ1n) is 6.04. The van der Waals surface area contributed by atoms with E-state index in [0.29, 0.717) is 5.02 Å². The Morgan fingerprint density at radius 3 is 2.55 bits per heavy atom. The van der Waals surface area contributed by atoms with Gasteiger partial charge in [0.1, 0.15) is 0 Å². The minimum atomic E-state index is -0.967. The third-order valence-corrected chi connectivity index (χ3v) is 3.42. The number of nitrogens with zero attached hydrogens (tertiary/aromatic N) is 1. The number of aromatic carboxylic acids is 1. The van der Waals surface area contributed by atoms with Crippen molar-refractivity contribution in [2.24, 2.45) is 0 Å². The lowest BCUT2D eigenvalue weighted by Crippen LogP contribution is -1.96. The van der Waals surface area contributed by atoms with Gasteiger partial charge in [0.15, 0.2) is 0 Å². The van der Waals surface area contributed by atoms with Crippen LogP contribution in [0, 0.1) is 0 Å². The van der Waals surface area contributed by atoms with Gasteiger partial charge < -0.3 is 5.11 Å². The normalized spacial score (nSPS) is 10.7. The largest absolute Gasteiger partial charge is 0.478 e. The van der Waals surface area contributed by atoms with Gasteiger partial charge in [0.2, 0.25) is 0 Å². The van der Waals surface area contributed by atoms with E-state index in [1.807, 2.05) is 30.3 Å². The van der Waals surface area contributed by atoms with Crippen molar-refractivity contribution in [3.63, 3.8) is 0 Å². The standard InChI is InChI=1S/C16H10ClNO2/c17-13-9-18-14-7-6-11(16(19)20)8-12(14)15(13)10-4-2-1-3-5-10/h1-9H,(H,19,20). The summed E-state index contributed by atoms with van der Waals surface area (Å²) in [4.78, 5) is 15.4. The molecule has 0 saturated heterocycles. The van der Waals surface area contributed by atoms with Crippen LogP contribution in [0.15, 0.2) is 54.7 Å². The average molecular weight is 284 g/mol. The van der Waals surface area contributed by atoms with Crippen molar-refractivity contribution in [3.05, 3.63) is 65.3 Å². The van der Waals surface area contributed by atoms with Gasteiger partial charge in [0.05, 0.1) is 16.1 Å². The van der Waals surface area contributed by atoms with E-state index >= 15 is 0 Å². The zero-order chi connectivity index (χ0) is 14.1. The molecule has 0 aliphatic rings. The van der Waals surface area contributed by atoms with Crippen LogP contribution in [-0.2, 0) is 0 Å². The highest BCUT2D eigenvalue weighted by molar-refractivity contribution is 6.34. The van der Waals surface area contributed by atoms with Gasteiger partial charge in [-0.05, 0) is 23.8 Å². The number of fused-ring (bicyclic) bond motifs is 1. The van der Waals surface area contributed by atoms with Gasteiger partial charge in [-0.15, -0.1) is 0 Å². The van der Waals surface area contributed by atoms with Crippen molar-refractivity contribution in [1.82, 2.24) is 4.98 Å². The molecule has 3 nitrogen and oxygen atoms in total. The molecule has 1 aromatic heterocycles. The van der Waals surface area contributed by atoms with Gasteiger partial charge in [-0.25, -0.2) is 4.79 Å². The Morgan fingerprint density at radius 1 is 1.10 bits per heavy atom. The van der Waals surface area contributed by atoms with E-state index in [4.69, 9.17) is 16.7 Å². The molecule has 3 aromatic rings. The molecule has 1 N–H and O–H groups in total. The van der Waals surface area contributed by atoms with Gasteiger partial charge in [0.25, 0.3) is 0 Å². The molecule has 0 saturated carbocycles. The Kier molecular flexibility index (Phi) is 3.12. The number of hydrogen-bond donors (Lipinski definition) is 1. The summed E-state index contributed by atoms with van der Waals surface area (Å²) in [5.74, 6) is -0.967. The fourth-order valence-electron chi connectivity index (χ4n) is 2.20. The molecular weight excluding hydrogens is 274 g/mol. The first-order valence-corrected chi connectivity index (χ1v) is 6.41. The van der Waals surface area contributed by atoms with Crippen molar-refractivity contribution in [3.8, 4) is 11.1 Å². The van der Waals surface area contributed by atoms with Crippen LogP contribution >= 0.6 is 11.6 Å². The Hall–Kier alpha value is -2.39. The highest BCUT2D eigenvalue weighted by Crippen LogP contribution is 2.34. The van der Waals surface area contributed by atoms with Gasteiger partial charge in [-0.2, -0.15) is 0 Å². The Bertz CT molecular complexity index is 800. The lowest BCUT2D eigenvalue weighted by atomic mass is 10.00. The first kappa shape index (κ1) is 12.6. The number of benzene rings is 2. The highest BCUT2D eigenvalue weighted by Gasteiger charge is 2.12. The Morgan fingerprint density at radius 2 is 1.85 bits per heavy atom. The maximum absolute atomic E-state index is 11.1. The highest BCUT2D eigenvalue weighted by atomic mass is 35.5. The second-order valence-electron chi connectivity index (χ2n) is 4.38. The van der Waals surface area contributed by atoms with E-state index in [0.717, 1.165) is 22.0 Å². The van der Waals surface area contributed by atoms with E-state index in [2.05, 4.69) is 4.98 Å². The fraction of sp³-hybridized carbons (Fsp3) is 0. The summed E-state index contributed by atoms with van der Waals surface area (Å²) in [6.07, 6.45) is 1.59. The molecule has 1 heterocycles. The van der Waals surface area contributed by atoms with Crippen LogP contribution < -0.4 is 0 Å². The molecule has 0 spiro atoms. The smallest absolute Gasteiger partial charge is 0.335 e. The summed E-state index contributed by atoms with van der Waals surface area (Å²) in [6, 6.07) is 14.5. The van der Waals surface area contributed by atoms with Crippen molar-refractivity contribution in [1.29, 1.82) is 0 Å². The predicted molar refractivity (Wildman–Crippen MR) is 79.1 cm³/mol. The molecular formula is C16H10ClNO2. The quantitative estimate of drug-likeness (QED) is 0.765. The number of carboxylic acids is 1. The number of pyridine rings is 1. The molecule has 0 amide bonds. The zero-order valence-electron chi connectivity index (χ0n) is 10.4. The molecule has 0 unspecified atom stereocenters. The summed E-state index contributed by atoms with van der Waals surface area (Å²) in [5.41, 5.74) is 2.69. The van der Waals surface area contributed by atoms with Gasteiger partial charge in [-0.1, -0.05) is 41.9 Å². The number of carboxylic acid groups (broad SMARTS) is 1. The molecule has 2 aromatic carbocycles. The molecule has 0 atom stereocenters. The predicted octanol–water partition coefficient (Wildman–Crippen LogP) is 4.25. The van der Waals surface area contributed by atoms with Crippen molar-refractivity contribution in [2.75, 3.05) is 0 Å². The second-order valence-corrected chi connectivity index (χ2v) is 4.79. The lowest BCUT2D eigenvalue weighted by molar-refractivity contribution is 0.0697. The van der Waals surface area contributed by atoms with Gasteiger partial charge >= 0.3 is 5.97 Å². The molecule has 0 bridgehead atoms. The third-order valence-electron chi connectivity index (χ3n) is 3.13. The molecule has 20 heavy (non-hydrogen) atoms. The molecule has 3 rings (SSSR count). The van der Waals surface area contributed by atoms with Crippen LogP contribution in [-0.4, -0.2) is 16.1 Å². The number of halogens is 1. The van der Waals surface area contributed by atoms with Gasteiger partial charge in [0, 0.05) is 17.1 Å². The molecule has 4 heteroatoms. The SMILES string of the molecule is O=C(O)c1ccc2ncc(Cl)c(-c3ccccc3)c2c1. The summed E-state index contributed by atoms with van der Waals surface area (Å²) in [6.45, 7) is 0. The summed E-state index contributed by atoms with van der Waals surface area (Å²) in [7, 11) is 0. The number of carbonyl (C=O) groups is 1. The molecule has 0 fully saturated rings. The van der Waals surface area contributed by atoms with Crippen molar-refractivity contribution in [2.45, 2.75) is 0 Å². The summed E-state index contributed by atoms with van der Waals surface area (Å²) in [5, 5.41) is 10.4. The summed E-state index contributed by atoms with van der Waals surface area (Å²) < 4.78 is 0. The topological polar surface area (TPSA) is 50.2 Å². The number of rotatable bonds is 2. The van der Waals surface area contributed by atoms with Crippen LogP contribution in [0.4, 0.5) is 0 Å². The minimum absolute atomic E-state index is 0.221. The molecule has 0 radical (unpaired) electrons. The number of aromatic nitrogens is 1. The van der Waals surface area contributed by atoms with Gasteiger partial charge in [-0.3, -0.25) is 4.98 Å². The van der Waals surface area contributed by atoms with E-state index in [-0.39, 0.29) is 5.56 Å². The molecule has 0 aliphatic heterocycles. The average Bonchev–Trinajstić information content (AvgIpc) is 2.47. The van der Waals surface area contributed by atoms with Crippen LogP contribution in [0.2, 0.25) is 5.02 Å². The molecule has 98 valence electrons. The zero-order valence-corrected chi connectivity index (χ0v) is 11.1. The monoisotopic (exact) mass is 283 g/mol. The molecule has 0 aliphatic carbocycles. The van der Waals surface area contributed by atoms with E-state index in [1.54, 1.807) is 24.4 Å². The van der Waals surface area contributed by atoms with Crippen LogP contribution in [0.3, 0.4) is 0 Å². The first-order chi connectivity index (χ1) is 9.66. The van der Waals surface area contributed by atoms with Crippen LogP contribution in [0.1, 0.15) is 10.4 Å². The lowest BCUT2D eigenvalue weighted by Gasteiger charge is -2.09. The summed E-state index contributed by atoms with van der Waals surface area (Å²) >= 11 is 6.26. The fourth-order valence-corrected chi connectivity index (χ4v) is 2.46. The Balaban J connectivity index is 2.37.